The first kappa shape index (κ1) is 19.6. The summed E-state index contributed by atoms with van der Waals surface area (Å²) in [5.41, 5.74) is 3.68. The fraction of sp³-hybridized carbons (Fsp3) is 0.391. The SMILES string of the molecule is CN1C(=O)CO[C@@H](C(=O)NCCN2CCc3ccccc3C2)[C@@H]1c1ccccc1. The van der Waals surface area contributed by atoms with Crippen LogP contribution in [0.15, 0.2) is 54.6 Å². The number of likely N-dealkylation sites (N-methyl/N-ethyl adjacent to an activating group) is 1. The molecule has 2 heterocycles. The van der Waals surface area contributed by atoms with Crippen LogP contribution in [0.4, 0.5) is 0 Å². The molecule has 0 bridgehead atoms. The molecule has 4 rings (SSSR count). The number of rotatable bonds is 5. The van der Waals surface area contributed by atoms with Gasteiger partial charge in [-0.25, -0.2) is 0 Å². The van der Waals surface area contributed by atoms with E-state index in [9.17, 15) is 9.59 Å². The number of amides is 2. The summed E-state index contributed by atoms with van der Waals surface area (Å²) in [6.07, 6.45) is 0.334. The van der Waals surface area contributed by atoms with Gasteiger partial charge in [0.05, 0.1) is 6.04 Å². The lowest BCUT2D eigenvalue weighted by Gasteiger charge is -2.38. The second-order valence-electron chi connectivity index (χ2n) is 7.68. The lowest BCUT2D eigenvalue weighted by molar-refractivity contribution is -0.162. The van der Waals surface area contributed by atoms with Crippen molar-refractivity contribution in [3.8, 4) is 0 Å². The number of ether oxygens (including phenoxy) is 1. The Balaban J connectivity index is 1.35. The molecular weight excluding hydrogens is 366 g/mol. The molecule has 0 aliphatic carbocycles. The van der Waals surface area contributed by atoms with E-state index < -0.39 is 12.1 Å². The minimum absolute atomic E-state index is 0.0686. The summed E-state index contributed by atoms with van der Waals surface area (Å²) in [4.78, 5) is 29.0. The molecule has 1 N–H and O–H groups in total. The molecule has 2 aliphatic rings. The smallest absolute Gasteiger partial charge is 0.251 e. The van der Waals surface area contributed by atoms with Gasteiger partial charge in [0.25, 0.3) is 5.91 Å². The molecule has 2 atom stereocenters. The Bertz CT molecular complexity index is 871. The molecule has 0 aromatic heterocycles. The molecule has 0 spiro atoms. The number of morpholine rings is 1. The van der Waals surface area contributed by atoms with Gasteiger partial charge >= 0.3 is 0 Å². The van der Waals surface area contributed by atoms with Crippen LogP contribution in [0.5, 0.6) is 0 Å². The van der Waals surface area contributed by atoms with Crippen LogP contribution < -0.4 is 5.32 Å². The van der Waals surface area contributed by atoms with Gasteiger partial charge in [0.1, 0.15) is 6.61 Å². The molecule has 0 radical (unpaired) electrons. The number of carbonyl (C=O) groups is 2. The lowest BCUT2D eigenvalue weighted by Crippen LogP contribution is -2.53. The Morgan fingerprint density at radius 3 is 2.62 bits per heavy atom. The molecule has 2 aliphatic heterocycles. The number of fused-ring (bicyclic) bond motifs is 1. The highest BCUT2D eigenvalue weighted by molar-refractivity contribution is 5.86. The maximum Gasteiger partial charge on any atom is 0.251 e. The van der Waals surface area contributed by atoms with E-state index in [1.165, 1.54) is 11.1 Å². The molecular formula is C23H27N3O3. The fourth-order valence-electron chi connectivity index (χ4n) is 4.16. The van der Waals surface area contributed by atoms with Crippen molar-refractivity contribution in [2.45, 2.75) is 25.1 Å². The van der Waals surface area contributed by atoms with Gasteiger partial charge in [-0.1, -0.05) is 54.6 Å². The number of nitrogens with one attached hydrogen (secondary N) is 1. The standard InChI is InChI=1S/C23H27N3O3/c1-25-20(27)16-29-22(21(25)18-8-3-2-4-9-18)23(28)24-12-14-26-13-11-17-7-5-6-10-19(17)15-26/h2-10,21-22H,11-16H2,1H3,(H,24,28)/t21-,22+/m0/s1. The monoisotopic (exact) mass is 393 g/mol. The van der Waals surface area contributed by atoms with Crippen molar-refractivity contribution in [1.82, 2.24) is 15.1 Å². The molecule has 152 valence electrons. The molecule has 1 fully saturated rings. The van der Waals surface area contributed by atoms with E-state index in [1.54, 1.807) is 11.9 Å². The molecule has 2 aromatic carbocycles. The maximum absolute atomic E-state index is 12.9. The summed E-state index contributed by atoms with van der Waals surface area (Å²) in [6, 6.07) is 17.7. The largest absolute Gasteiger partial charge is 0.356 e. The third kappa shape index (κ3) is 4.33. The molecule has 2 aromatic rings. The van der Waals surface area contributed by atoms with E-state index in [-0.39, 0.29) is 18.4 Å². The number of hydrogen-bond donors (Lipinski definition) is 1. The minimum atomic E-state index is -0.706. The van der Waals surface area contributed by atoms with Crippen LogP contribution in [0, 0.1) is 0 Å². The lowest BCUT2D eigenvalue weighted by atomic mass is 9.97. The first-order valence-electron chi connectivity index (χ1n) is 10.1. The third-order valence-corrected chi connectivity index (χ3v) is 5.82. The van der Waals surface area contributed by atoms with Crippen molar-refractivity contribution in [3.63, 3.8) is 0 Å². The van der Waals surface area contributed by atoms with Crippen molar-refractivity contribution in [1.29, 1.82) is 0 Å². The topological polar surface area (TPSA) is 61.9 Å². The van der Waals surface area contributed by atoms with Crippen LogP contribution in [0.25, 0.3) is 0 Å². The van der Waals surface area contributed by atoms with Crippen LogP contribution in [0.2, 0.25) is 0 Å². The second-order valence-corrected chi connectivity index (χ2v) is 7.68. The fourth-order valence-corrected chi connectivity index (χ4v) is 4.16. The van der Waals surface area contributed by atoms with Gasteiger partial charge in [-0.2, -0.15) is 0 Å². The van der Waals surface area contributed by atoms with Crippen LogP contribution in [0.3, 0.4) is 0 Å². The zero-order valence-electron chi connectivity index (χ0n) is 16.7. The quantitative estimate of drug-likeness (QED) is 0.841. The highest BCUT2D eigenvalue weighted by Crippen LogP contribution is 2.29. The minimum Gasteiger partial charge on any atom is -0.356 e. The van der Waals surface area contributed by atoms with Gasteiger partial charge in [0, 0.05) is 33.2 Å². The van der Waals surface area contributed by atoms with Crippen LogP contribution >= 0.6 is 0 Å². The summed E-state index contributed by atoms with van der Waals surface area (Å²) in [5, 5.41) is 3.02. The molecule has 1 saturated heterocycles. The van der Waals surface area contributed by atoms with Gasteiger partial charge in [-0.05, 0) is 23.1 Å². The molecule has 29 heavy (non-hydrogen) atoms. The van der Waals surface area contributed by atoms with Crippen molar-refractivity contribution >= 4 is 11.8 Å². The van der Waals surface area contributed by atoms with Crippen LogP contribution in [-0.2, 0) is 27.3 Å². The Hall–Kier alpha value is -2.70. The van der Waals surface area contributed by atoms with Gasteiger partial charge in [0.2, 0.25) is 5.91 Å². The van der Waals surface area contributed by atoms with Crippen molar-refractivity contribution < 1.29 is 14.3 Å². The van der Waals surface area contributed by atoms with Crippen molar-refractivity contribution in [3.05, 3.63) is 71.3 Å². The maximum atomic E-state index is 12.9. The Labute approximate surface area is 171 Å². The van der Waals surface area contributed by atoms with Gasteiger partial charge in [-0.3, -0.25) is 14.5 Å². The highest BCUT2D eigenvalue weighted by Gasteiger charge is 2.39. The van der Waals surface area contributed by atoms with Crippen molar-refractivity contribution in [2.75, 3.05) is 33.3 Å². The van der Waals surface area contributed by atoms with Crippen LogP contribution in [-0.4, -0.2) is 61.0 Å². The van der Waals surface area contributed by atoms with Gasteiger partial charge in [0.15, 0.2) is 6.10 Å². The van der Waals surface area contributed by atoms with Gasteiger partial charge in [-0.15, -0.1) is 0 Å². The predicted octanol–water partition coefficient (Wildman–Crippen LogP) is 1.76. The molecule has 2 amide bonds. The summed E-state index contributed by atoms with van der Waals surface area (Å²) in [7, 11) is 1.73. The average Bonchev–Trinajstić information content (AvgIpc) is 2.76. The predicted molar refractivity (Wildman–Crippen MR) is 110 cm³/mol. The molecule has 0 unspecified atom stereocenters. The Kier molecular flexibility index (Phi) is 5.92. The number of carbonyl (C=O) groups excluding carboxylic acids is 2. The number of benzene rings is 2. The zero-order chi connectivity index (χ0) is 20.2. The van der Waals surface area contributed by atoms with Crippen LogP contribution in [0.1, 0.15) is 22.7 Å². The number of hydrogen-bond acceptors (Lipinski definition) is 4. The summed E-state index contributed by atoms with van der Waals surface area (Å²) >= 11 is 0. The highest BCUT2D eigenvalue weighted by atomic mass is 16.5. The van der Waals surface area contributed by atoms with Gasteiger partial charge < -0.3 is 15.0 Å². The van der Waals surface area contributed by atoms with E-state index in [0.29, 0.717) is 6.54 Å². The van der Waals surface area contributed by atoms with E-state index in [2.05, 4.69) is 34.5 Å². The second kappa shape index (κ2) is 8.76. The van der Waals surface area contributed by atoms with E-state index in [4.69, 9.17) is 4.74 Å². The normalized spacial score (nSPS) is 22.2. The summed E-state index contributed by atoms with van der Waals surface area (Å²) < 4.78 is 5.66. The third-order valence-electron chi connectivity index (χ3n) is 5.82. The molecule has 6 heteroatoms. The first-order valence-corrected chi connectivity index (χ1v) is 10.1. The summed E-state index contributed by atoms with van der Waals surface area (Å²) in [6.45, 7) is 3.19. The van der Waals surface area contributed by atoms with E-state index >= 15 is 0 Å². The summed E-state index contributed by atoms with van der Waals surface area (Å²) in [5.74, 6) is -0.287. The Morgan fingerprint density at radius 1 is 1.10 bits per heavy atom. The Morgan fingerprint density at radius 2 is 1.83 bits per heavy atom. The van der Waals surface area contributed by atoms with E-state index in [1.807, 2.05) is 30.3 Å². The first-order chi connectivity index (χ1) is 14.1. The molecule has 0 saturated carbocycles. The number of nitrogens with zero attached hydrogens (tertiary/aromatic N) is 2. The van der Waals surface area contributed by atoms with E-state index in [0.717, 1.165) is 31.6 Å². The molecule has 6 nitrogen and oxygen atoms in total. The van der Waals surface area contributed by atoms with Crippen molar-refractivity contribution in [2.24, 2.45) is 0 Å². The average molecular weight is 393 g/mol. The zero-order valence-corrected chi connectivity index (χ0v) is 16.7.